The highest BCUT2D eigenvalue weighted by atomic mass is 79.9. The number of phenols is 1. The lowest BCUT2D eigenvalue weighted by Crippen LogP contribution is -1.96. The van der Waals surface area contributed by atoms with E-state index in [1.807, 2.05) is 30.3 Å². The fraction of sp³-hybridized carbons (Fsp3) is 0.0625. The second-order valence-electron chi connectivity index (χ2n) is 4.82. The van der Waals surface area contributed by atoms with Crippen LogP contribution >= 0.6 is 28.1 Å². The van der Waals surface area contributed by atoms with E-state index in [-0.39, 0.29) is 5.75 Å². The average molecular weight is 405 g/mol. The first kappa shape index (κ1) is 16.4. The summed E-state index contributed by atoms with van der Waals surface area (Å²) in [7, 11) is 1.49. The molecule has 2 aromatic carbocycles. The molecule has 0 unspecified atom stereocenters. The van der Waals surface area contributed by atoms with Crippen molar-refractivity contribution in [2.45, 2.75) is 0 Å². The highest BCUT2D eigenvalue weighted by Crippen LogP contribution is 2.32. The molecule has 8 heteroatoms. The average Bonchev–Trinajstić information content (AvgIpc) is 2.96. The molecule has 0 aliphatic carbocycles. The van der Waals surface area contributed by atoms with Crippen LogP contribution in [0.25, 0.3) is 11.4 Å². The Bertz CT molecular complexity index is 950. The fourth-order valence-corrected chi connectivity index (χ4v) is 2.78. The van der Waals surface area contributed by atoms with Crippen LogP contribution in [0.3, 0.4) is 0 Å². The molecule has 0 aliphatic heterocycles. The molecule has 0 fully saturated rings. The maximum absolute atomic E-state index is 10.2. The minimum absolute atomic E-state index is 0.000671. The lowest BCUT2D eigenvalue weighted by molar-refractivity contribution is 0.373. The minimum atomic E-state index is 0.000671. The highest BCUT2D eigenvalue weighted by molar-refractivity contribution is 9.10. The van der Waals surface area contributed by atoms with Crippen LogP contribution in [0.5, 0.6) is 11.5 Å². The van der Waals surface area contributed by atoms with Gasteiger partial charge in [-0.3, -0.25) is 0 Å². The maximum Gasteiger partial charge on any atom is 0.216 e. The third-order valence-corrected chi connectivity index (χ3v) is 4.01. The Morgan fingerprint density at radius 1 is 1.33 bits per heavy atom. The summed E-state index contributed by atoms with van der Waals surface area (Å²) >= 11 is 8.60. The molecule has 0 bridgehead atoms. The molecular weight excluding hydrogens is 392 g/mol. The molecule has 0 aliphatic rings. The Hall–Kier alpha value is -2.45. The van der Waals surface area contributed by atoms with Gasteiger partial charge in [-0.25, -0.2) is 5.10 Å². The van der Waals surface area contributed by atoms with E-state index in [2.05, 4.69) is 31.2 Å². The van der Waals surface area contributed by atoms with Crippen LogP contribution in [-0.2, 0) is 0 Å². The quantitative estimate of drug-likeness (QED) is 0.509. The normalized spacial score (nSPS) is 11.1. The Morgan fingerprint density at radius 3 is 2.79 bits per heavy atom. The molecular formula is C16H13BrN4O2S. The Balaban J connectivity index is 2.04. The van der Waals surface area contributed by atoms with E-state index in [4.69, 9.17) is 17.0 Å². The van der Waals surface area contributed by atoms with E-state index < -0.39 is 0 Å². The van der Waals surface area contributed by atoms with Crippen LogP contribution in [0.1, 0.15) is 5.56 Å². The number of nitrogens with one attached hydrogen (secondary N) is 1. The lowest BCUT2D eigenvalue weighted by Gasteiger charge is -2.07. The molecule has 1 aromatic heterocycles. The van der Waals surface area contributed by atoms with Crippen molar-refractivity contribution in [2.24, 2.45) is 5.10 Å². The van der Waals surface area contributed by atoms with Crippen LogP contribution < -0.4 is 4.74 Å². The number of benzene rings is 2. The van der Waals surface area contributed by atoms with Gasteiger partial charge in [-0.05, 0) is 24.4 Å². The Labute approximate surface area is 151 Å². The van der Waals surface area contributed by atoms with Crippen LogP contribution in [0, 0.1) is 4.77 Å². The summed E-state index contributed by atoms with van der Waals surface area (Å²) in [6, 6.07) is 13.0. The monoisotopic (exact) mass is 404 g/mol. The lowest BCUT2D eigenvalue weighted by atomic mass is 10.2. The minimum Gasteiger partial charge on any atom is -0.504 e. The van der Waals surface area contributed by atoms with Crippen molar-refractivity contribution >= 4 is 34.4 Å². The molecule has 0 atom stereocenters. The van der Waals surface area contributed by atoms with E-state index in [1.54, 1.807) is 12.1 Å². The van der Waals surface area contributed by atoms with Crippen LogP contribution in [-0.4, -0.2) is 33.3 Å². The zero-order valence-corrected chi connectivity index (χ0v) is 15.0. The highest BCUT2D eigenvalue weighted by Gasteiger charge is 2.10. The van der Waals surface area contributed by atoms with E-state index in [0.717, 1.165) is 10.0 Å². The van der Waals surface area contributed by atoms with Crippen LogP contribution in [0.15, 0.2) is 52.0 Å². The number of hydrogen-bond donors (Lipinski definition) is 2. The van der Waals surface area contributed by atoms with Gasteiger partial charge < -0.3 is 9.84 Å². The summed E-state index contributed by atoms with van der Waals surface area (Å²) in [6.07, 6.45) is 1.50. The summed E-state index contributed by atoms with van der Waals surface area (Å²) in [5.41, 5.74) is 1.36. The molecule has 2 N–H and O–H groups in total. The predicted octanol–water partition coefficient (Wildman–Crippen LogP) is 3.97. The second kappa shape index (κ2) is 6.98. The molecule has 0 saturated carbocycles. The second-order valence-corrected chi connectivity index (χ2v) is 6.12. The van der Waals surface area contributed by atoms with Gasteiger partial charge in [-0.2, -0.15) is 14.9 Å². The van der Waals surface area contributed by atoms with Gasteiger partial charge in [0.15, 0.2) is 17.3 Å². The third-order valence-electron chi connectivity index (χ3n) is 3.28. The molecule has 0 spiro atoms. The molecule has 3 rings (SSSR count). The number of rotatable bonds is 4. The number of H-pyrrole nitrogens is 1. The number of aromatic amines is 1. The van der Waals surface area contributed by atoms with E-state index in [1.165, 1.54) is 18.0 Å². The van der Waals surface area contributed by atoms with Gasteiger partial charge in [0.2, 0.25) is 4.77 Å². The molecule has 24 heavy (non-hydrogen) atoms. The van der Waals surface area contributed by atoms with Gasteiger partial charge in [0.25, 0.3) is 0 Å². The van der Waals surface area contributed by atoms with Crippen molar-refractivity contribution in [2.75, 3.05) is 7.11 Å². The zero-order chi connectivity index (χ0) is 17.1. The summed E-state index contributed by atoms with van der Waals surface area (Å²) < 4.78 is 7.75. The maximum atomic E-state index is 10.2. The fourth-order valence-electron chi connectivity index (χ4n) is 2.14. The number of methoxy groups -OCH3 is 1. The zero-order valence-electron chi connectivity index (χ0n) is 12.6. The third kappa shape index (κ3) is 3.24. The Kier molecular flexibility index (Phi) is 4.77. The van der Waals surface area contributed by atoms with Crippen LogP contribution in [0.4, 0.5) is 0 Å². The van der Waals surface area contributed by atoms with Gasteiger partial charge in [-0.1, -0.05) is 46.3 Å². The van der Waals surface area contributed by atoms with E-state index in [9.17, 15) is 5.11 Å². The van der Waals surface area contributed by atoms with Crippen molar-refractivity contribution in [3.05, 3.63) is 57.3 Å². The van der Waals surface area contributed by atoms with Gasteiger partial charge >= 0.3 is 0 Å². The van der Waals surface area contributed by atoms with Crippen molar-refractivity contribution in [3.63, 3.8) is 0 Å². The van der Waals surface area contributed by atoms with Gasteiger partial charge in [0, 0.05) is 15.6 Å². The number of nitrogens with zero attached hydrogens (tertiary/aromatic N) is 3. The van der Waals surface area contributed by atoms with Crippen LogP contribution in [0.2, 0.25) is 0 Å². The molecule has 6 nitrogen and oxygen atoms in total. The number of hydrogen-bond acceptors (Lipinski definition) is 5. The van der Waals surface area contributed by atoms with Crippen molar-refractivity contribution in [1.82, 2.24) is 14.9 Å². The van der Waals surface area contributed by atoms with Crippen molar-refractivity contribution in [1.29, 1.82) is 0 Å². The summed E-state index contributed by atoms with van der Waals surface area (Å²) in [6.45, 7) is 0. The first-order valence-electron chi connectivity index (χ1n) is 6.94. The number of ether oxygens (including phenoxy) is 1. The van der Waals surface area contributed by atoms with E-state index >= 15 is 0 Å². The first-order chi connectivity index (χ1) is 11.6. The topological polar surface area (TPSA) is 75.4 Å². The first-order valence-corrected chi connectivity index (χ1v) is 8.14. The van der Waals surface area contributed by atoms with Crippen molar-refractivity contribution in [3.8, 4) is 22.9 Å². The molecule has 122 valence electrons. The van der Waals surface area contributed by atoms with Gasteiger partial charge in [0.05, 0.1) is 13.3 Å². The number of aromatic nitrogens is 3. The predicted molar refractivity (Wildman–Crippen MR) is 98.2 cm³/mol. The molecule has 3 aromatic rings. The largest absolute Gasteiger partial charge is 0.504 e. The molecule has 0 amide bonds. The molecule has 0 saturated heterocycles. The standard InChI is InChI=1S/C16H13BrN4O2S/c1-23-13-8-12(17)7-11(14(13)22)9-18-21-15(19-20-16(21)24)10-5-3-2-4-6-10/h2-9,22H,1H3,(H,20,24)/b18-9-. The summed E-state index contributed by atoms with van der Waals surface area (Å²) in [4.78, 5) is 0. The molecule has 1 heterocycles. The van der Waals surface area contributed by atoms with Gasteiger partial charge in [0.1, 0.15) is 0 Å². The van der Waals surface area contributed by atoms with E-state index in [0.29, 0.717) is 21.9 Å². The number of halogens is 1. The number of phenolic OH excluding ortho intramolecular Hbond substituents is 1. The molecule has 0 radical (unpaired) electrons. The SMILES string of the molecule is COc1cc(Br)cc(/C=N\n2c(-c3ccccc3)n[nH]c2=S)c1O. The van der Waals surface area contributed by atoms with Gasteiger partial charge in [-0.15, -0.1) is 0 Å². The smallest absolute Gasteiger partial charge is 0.216 e. The number of aromatic hydroxyl groups is 1. The summed E-state index contributed by atoms with van der Waals surface area (Å²) in [5, 5.41) is 21.5. The van der Waals surface area contributed by atoms with Crippen molar-refractivity contribution < 1.29 is 9.84 Å². The Morgan fingerprint density at radius 2 is 2.08 bits per heavy atom. The summed E-state index contributed by atoms with van der Waals surface area (Å²) in [5.74, 6) is 0.934.